The molecule has 2 aliphatic heterocycles. The maximum atomic E-state index is 13.1. The third-order valence-corrected chi connectivity index (χ3v) is 5.75. The van der Waals surface area contributed by atoms with E-state index in [2.05, 4.69) is 25.5 Å². The molecule has 4 heterocycles. The van der Waals surface area contributed by atoms with Crippen LogP contribution >= 0.6 is 0 Å². The minimum absolute atomic E-state index is 0.00111. The number of fused-ring (bicyclic) bond motifs is 4. The number of carbonyl (C=O) groups is 2. The molecule has 3 N–H and O–H groups in total. The van der Waals surface area contributed by atoms with Crippen LogP contribution in [0.1, 0.15) is 29.8 Å². The van der Waals surface area contributed by atoms with Crippen LogP contribution in [0.3, 0.4) is 0 Å². The van der Waals surface area contributed by atoms with Gasteiger partial charge in [0.15, 0.2) is 5.82 Å². The lowest BCUT2D eigenvalue weighted by molar-refractivity contribution is 0.0560. The van der Waals surface area contributed by atoms with E-state index in [1.807, 2.05) is 12.1 Å². The smallest absolute Gasteiger partial charge is 0.329 e. The van der Waals surface area contributed by atoms with E-state index in [9.17, 15) is 14.7 Å². The predicted molar refractivity (Wildman–Crippen MR) is 107 cm³/mol. The van der Waals surface area contributed by atoms with Gasteiger partial charge in [-0.1, -0.05) is 6.07 Å². The number of amides is 3. The number of nitrogens with one attached hydrogen (secondary N) is 2. The fourth-order valence-electron chi connectivity index (χ4n) is 4.17. The van der Waals surface area contributed by atoms with Crippen LogP contribution in [-0.4, -0.2) is 58.3 Å². The summed E-state index contributed by atoms with van der Waals surface area (Å²) in [4.78, 5) is 38.2. The number of urea groups is 1. The Hall–Kier alpha value is -3.20. The van der Waals surface area contributed by atoms with Crippen molar-refractivity contribution in [2.45, 2.75) is 37.5 Å². The number of nitrogens with zero attached hydrogens (tertiary/aromatic N) is 4. The molecule has 2 fully saturated rings. The van der Waals surface area contributed by atoms with Crippen molar-refractivity contribution in [3.63, 3.8) is 0 Å². The van der Waals surface area contributed by atoms with E-state index < -0.39 is 0 Å². The Balaban J connectivity index is 1.42. The molecule has 29 heavy (non-hydrogen) atoms. The van der Waals surface area contributed by atoms with Gasteiger partial charge in [-0.15, -0.1) is 0 Å². The standard InChI is InChI=1S/C20H22N6O3/c27-14-9-12(10-14)22-19(28)15-4-5-16-18(23-15)26(13-6-8-25(16)11-13)20(29)24-17-3-1-2-7-21-17/h1-5,7,12-14,27H,6,8-11H2,(H,22,28)(H,21,24,29)/t12?,13-,14?/m0/s1. The van der Waals surface area contributed by atoms with Gasteiger partial charge in [0.25, 0.3) is 5.91 Å². The van der Waals surface area contributed by atoms with Crippen molar-refractivity contribution in [2.75, 3.05) is 28.2 Å². The van der Waals surface area contributed by atoms with Gasteiger partial charge in [-0.2, -0.15) is 0 Å². The summed E-state index contributed by atoms with van der Waals surface area (Å²) in [5.74, 6) is 0.674. The van der Waals surface area contributed by atoms with Crippen LogP contribution in [0.4, 0.5) is 22.1 Å². The Morgan fingerprint density at radius 1 is 1.17 bits per heavy atom. The number of pyridine rings is 2. The second-order valence-corrected chi connectivity index (χ2v) is 7.74. The van der Waals surface area contributed by atoms with Gasteiger partial charge in [-0.05, 0) is 43.5 Å². The van der Waals surface area contributed by atoms with Gasteiger partial charge in [0.1, 0.15) is 11.5 Å². The SMILES string of the molecule is O=C(NC1CC(O)C1)c1ccc2c(n1)N(C(=O)Nc1ccccn1)[C@H]1CCN2C1. The molecule has 2 aromatic rings. The molecule has 1 saturated heterocycles. The van der Waals surface area contributed by atoms with Crippen molar-refractivity contribution < 1.29 is 14.7 Å². The van der Waals surface area contributed by atoms with E-state index in [1.54, 1.807) is 29.3 Å². The van der Waals surface area contributed by atoms with Gasteiger partial charge < -0.3 is 15.3 Å². The first kappa shape index (κ1) is 17.9. The summed E-state index contributed by atoms with van der Waals surface area (Å²) in [6.07, 6.45) is 3.24. The molecule has 1 aliphatic carbocycles. The molecular formula is C20H22N6O3. The third-order valence-electron chi connectivity index (χ3n) is 5.75. The second kappa shape index (κ2) is 7.00. The lowest BCUT2D eigenvalue weighted by Crippen LogP contribution is -2.49. The fraction of sp³-hybridized carbons (Fsp3) is 0.400. The van der Waals surface area contributed by atoms with Gasteiger partial charge in [0.05, 0.1) is 17.8 Å². The molecule has 1 saturated carbocycles. The van der Waals surface area contributed by atoms with Crippen molar-refractivity contribution in [1.29, 1.82) is 0 Å². The van der Waals surface area contributed by atoms with Crippen LogP contribution in [0.15, 0.2) is 36.5 Å². The molecule has 0 unspecified atom stereocenters. The van der Waals surface area contributed by atoms with Gasteiger partial charge in [0, 0.05) is 25.3 Å². The molecule has 1 atom stereocenters. The highest BCUT2D eigenvalue weighted by atomic mass is 16.3. The summed E-state index contributed by atoms with van der Waals surface area (Å²) >= 11 is 0. The average molecular weight is 394 g/mol. The number of carbonyl (C=O) groups excluding carboxylic acids is 2. The lowest BCUT2D eigenvalue weighted by atomic mass is 9.89. The van der Waals surface area contributed by atoms with Crippen molar-refractivity contribution in [1.82, 2.24) is 15.3 Å². The van der Waals surface area contributed by atoms with Crippen LogP contribution in [0, 0.1) is 0 Å². The quantitative estimate of drug-likeness (QED) is 0.725. The highest BCUT2D eigenvalue weighted by Gasteiger charge is 2.40. The van der Waals surface area contributed by atoms with Crippen molar-refractivity contribution in [3.05, 3.63) is 42.2 Å². The first-order valence-electron chi connectivity index (χ1n) is 9.84. The topological polar surface area (TPSA) is 111 Å². The molecule has 0 radical (unpaired) electrons. The van der Waals surface area contributed by atoms with E-state index in [0.29, 0.717) is 24.5 Å². The molecule has 150 valence electrons. The van der Waals surface area contributed by atoms with Gasteiger partial charge in [-0.25, -0.2) is 14.8 Å². The van der Waals surface area contributed by atoms with Crippen LogP contribution in [0.2, 0.25) is 0 Å². The number of aliphatic hydroxyl groups is 1. The third kappa shape index (κ3) is 3.27. The van der Waals surface area contributed by atoms with E-state index >= 15 is 0 Å². The zero-order valence-corrected chi connectivity index (χ0v) is 15.8. The summed E-state index contributed by atoms with van der Waals surface area (Å²) in [5.41, 5.74) is 1.12. The van der Waals surface area contributed by atoms with Crippen molar-refractivity contribution in [2.24, 2.45) is 0 Å². The number of aliphatic hydroxyl groups excluding tert-OH is 1. The Labute approximate surface area is 167 Å². The van der Waals surface area contributed by atoms with Crippen molar-refractivity contribution >= 4 is 29.3 Å². The highest BCUT2D eigenvalue weighted by molar-refractivity contribution is 6.05. The van der Waals surface area contributed by atoms with Crippen LogP contribution in [-0.2, 0) is 0 Å². The van der Waals surface area contributed by atoms with Gasteiger partial charge in [-0.3, -0.25) is 15.0 Å². The highest BCUT2D eigenvalue weighted by Crippen LogP contribution is 2.39. The molecule has 3 amide bonds. The molecule has 3 aliphatic rings. The Kier molecular flexibility index (Phi) is 4.31. The maximum Gasteiger partial charge on any atom is 0.329 e. The van der Waals surface area contributed by atoms with E-state index in [4.69, 9.17) is 0 Å². The largest absolute Gasteiger partial charge is 0.393 e. The molecule has 0 aromatic carbocycles. The molecular weight excluding hydrogens is 372 g/mol. The minimum Gasteiger partial charge on any atom is -0.393 e. The Bertz CT molecular complexity index is 946. The summed E-state index contributed by atoms with van der Waals surface area (Å²) in [6, 6.07) is 8.54. The molecule has 5 rings (SSSR count). The number of hydrogen-bond donors (Lipinski definition) is 3. The summed E-state index contributed by atoms with van der Waals surface area (Å²) in [7, 11) is 0. The van der Waals surface area contributed by atoms with E-state index in [1.165, 1.54) is 0 Å². The first-order valence-corrected chi connectivity index (χ1v) is 9.84. The number of anilines is 3. The summed E-state index contributed by atoms with van der Waals surface area (Å²) < 4.78 is 0. The van der Waals surface area contributed by atoms with E-state index in [-0.39, 0.29) is 35.8 Å². The van der Waals surface area contributed by atoms with Crippen LogP contribution < -0.4 is 20.4 Å². The monoisotopic (exact) mass is 394 g/mol. The Morgan fingerprint density at radius 2 is 2.03 bits per heavy atom. The zero-order valence-electron chi connectivity index (χ0n) is 15.8. The maximum absolute atomic E-state index is 13.1. The average Bonchev–Trinajstić information content (AvgIpc) is 3.11. The second-order valence-electron chi connectivity index (χ2n) is 7.74. The number of hydrogen-bond acceptors (Lipinski definition) is 6. The minimum atomic E-state index is -0.342. The molecule has 2 bridgehead atoms. The number of aromatic nitrogens is 2. The fourth-order valence-corrected chi connectivity index (χ4v) is 4.17. The molecule has 0 spiro atoms. The van der Waals surface area contributed by atoms with Gasteiger partial charge in [0.2, 0.25) is 0 Å². The predicted octanol–water partition coefficient (Wildman–Crippen LogP) is 1.36. The lowest BCUT2D eigenvalue weighted by Gasteiger charge is -2.36. The molecule has 9 nitrogen and oxygen atoms in total. The van der Waals surface area contributed by atoms with Crippen LogP contribution in [0.5, 0.6) is 0 Å². The first-order chi connectivity index (χ1) is 14.1. The summed E-state index contributed by atoms with van der Waals surface area (Å²) in [6.45, 7) is 1.59. The van der Waals surface area contributed by atoms with Crippen molar-refractivity contribution in [3.8, 4) is 0 Å². The van der Waals surface area contributed by atoms with E-state index in [0.717, 1.165) is 25.2 Å². The van der Waals surface area contributed by atoms with Gasteiger partial charge >= 0.3 is 6.03 Å². The molecule has 2 aromatic heterocycles. The number of rotatable bonds is 3. The van der Waals surface area contributed by atoms with Crippen LogP contribution in [0.25, 0.3) is 0 Å². The normalized spacial score (nSPS) is 24.5. The zero-order chi connectivity index (χ0) is 20.0. The summed E-state index contributed by atoms with van der Waals surface area (Å²) in [5, 5.41) is 15.1. The molecule has 9 heteroatoms. The Morgan fingerprint density at radius 3 is 2.79 bits per heavy atom.